The van der Waals surface area contributed by atoms with Gasteiger partial charge in [-0.1, -0.05) is 13.8 Å². The first-order valence-electron chi connectivity index (χ1n) is 7.59. The molecule has 1 saturated heterocycles. The van der Waals surface area contributed by atoms with Gasteiger partial charge in [0.1, 0.15) is 0 Å². The average molecular weight is 279 g/mol. The van der Waals surface area contributed by atoms with Crippen LogP contribution in [0.15, 0.2) is 6.20 Å². The first kappa shape index (κ1) is 15.5. The lowest BCUT2D eigenvalue weighted by atomic mass is 10.1. The first-order chi connectivity index (χ1) is 9.47. The van der Waals surface area contributed by atoms with E-state index in [2.05, 4.69) is 54.4 Å². The molecular formula is C15H29N5. The van der Waals surface area contributed by atoms with Crippen LogP contribution in [0.25, 0.3) is 0 Å². The number of nitrogens with zero attached hydrogens (tertiary/aromatic N) is 4. The molecule has 1 fully saturated rings. The summed E-state index contributed by atoms with van der Waals surface area (Å²) >= 11 is 0. The largest absolute Gasteiger partial charge is 0.311 e. The Bertz CT molecular complexity index is 426. The van der Waals surface area contributed by atoms with Crippen molar-refractivity contribution >= 4 is 0 Å². The molecular weight excluding hydrogens is 250 g/mol. The lowest BCUT2D eigenvalue weighted by molar-refractivity contribution is 0.113. The predicted octanol–water partition coefficient (Wildman–Crippen LogP) is 0.879. The van der Waals surface area contributed by atoms with Crippen molar-refractivity contribution in [2.24, 2.45) is 7.05 Å². The summed E-state index contributed by atoms with van der Waals surface area (Å²) in [5.41, 5.74) is 2.54. The normalized spacial score (nSPS) is 21.8. The second-order valence-electron chi connectivity index (χ2n) is 6.40. The Hall–Kier alpha value is -0.910. The molecule has 1 unspecified atom stereocenters. The molecule has 0 aromatic carbocycles. The van der Waals surface area contributed by atoms with Gasteiger partial charge in [0.25, 0.3) is 0 Å². The highest BCUT2D eigenvalue weighted by atomic mass is 15.3. The van der Waals surface area contributed by atoms with Crippen LogP contribution in [0.5, 0.6) is 0 Å². The highest BCUT2D eigenvalue weighted by Gasteiger charge is 2.21. The van der Waals surface area contributed by atoms with E-state index in [1.807, 2.05) is 11.7 Å². The van der Waals surface area contributed by atoms with Crippen LogP contribution in [0.2, 0.25) is 0 Å². The molecule has 1 aromatic heterocycles. The van der Waals surface area contributed by atoms with Crippen LogP contribution in [0, 0.1) is 0 Å². The molecule has 5 heteroatoms. The van der Waals surface area contributed by atoms with Crippen molar-refractivity contribution < 1.29 is 0 Å². The topological polar surface area (TPSA) is 36.3 Å². The average Bonchev–Trinajstić information content (AvgIpc) is 2.75. The maximum atomic E-state index is 4.56. The van der Waals surface area contributed by atoms with Crippen molar-refractivity contribution in [1.29, 1.82) is 0 Å². The Morgan fingerprint density at radius 2 is 2.05 bits per heavy atom. The van der Waals surface area contributed by atoms with Crippen LogP contribution >= 0.6 is 0 Å². The fourth-order valence-electron chi connectivity index (χ4n) is 2.87. The molecule has 0 bridgehead atoms. The Labute approximate surface area is 122 Å². The van der Waals surface area contributed by atoms with Gasteiger partial charge in [0, 0.05) is 57.6 Å². The first-order valence-corrected chi connectivity index (χ1v) is 7.59. The van der Waals surface area contributed by atoms with E-state index in [9.17, 15) is 0 Å². The van der Waals surface area contributed by atoms with Crippen molar-refractivity contribution in [3.63, 3.8) is 0 Å². The van der Waals surface area contributed by atoms with Crippen LogP contribution in [0.4, 0.5) is 0 Å². The minimum Gasteiger partial charge on any atom is -0.311 e. The second-order valence-corrected chi connectivity index (χ2v) is 6.40. The summed E-state index contributed by atoms with van der Waals surface area (Å²) in [5.74, 6) is 0.483. The van der Waals surface area contributed by atoms with Gasteiger partial charge in [0.05, 0.1) is 5.69 Å². The highest BCUT2D eigenvalue weighted by Crippen LogP contribution is 2.17. The Morgan fingerprint density at radius 1 is 1.30 bits per heavy atom. The molecule has 20 heavy (non-hydrogen) atoms. The highest BCUT2D eigenvalue weighted by molar-refractivity contribution is 5.19. The Balaban J connectivity index is 1.86. The van der Waals surface area contributed by atoms with Gasteiger partial charge >= 0.3 is 0 Å². The molecule has 1 atom stereocenters. The molecule has 0 amide bonds. The molecule has 0 aliphatic carbocycles. The maximum Gasteiger partial charge on any atom is 0.0694 e. The van der Waals surface area contributed by atoms with Gasteiger partial charge < -0.3 is 10.2 Å². The predicted molar refractivity (Wildman–Crippen MR) is 82.9 cm³/mol. The second kappa shape index (κ2) is 6.70. The van der Waals surface area contributed by atoms with Crippen molar-refractivity contribution in [3.8, 4) is 0 Å². The summed E-state index contributed by atoms with van der Waals surface area (Å²) in [6.45, 7) is 9.84. The van der Waals surface area contributed by atoms with E-state index in [0.29, 0.717) is 12.0 Å². The molecule has 0 saturated carbocycles. The van der Waals surface area contributed by atoms with E-state index < -0.39 is 0 Å². The number of hydrogen-bond donors (Lipinski definition) is 1. The minimum absolute atomic E-state index is 0.483. The molecule has 0 spiro atoms. The lowest BCUT2D eigenvalue weighted by Crippen LogP contribution is -2.53. The molecule has 1 aromatic rings. The van der Waals surface area contributed by atoms with Crippen LogP contribution < -0.4 is 5.32 Å². The smallest absolute Gasteiger partial charge is 0.0694 e. The molecule has 1 aliphatic rings. The molecule has 5 nitrogen and oxygen atoms in total. The van der Waals surface area contributed by atoms with Crippen LogP contribution in [-0.4, -0.2) is 65.9 Å². The number of aryl methyl sites for hydroxylation is 1. The monoisotopic (exact) mass is 279 g/mol. The third-order valence-corrected chi connectivity index (χ3v) is 4.16. The molecule has 1 N–H and O–H groups in total. The molecule has 0 radical (unpaired) electrons. The van der Waals surface area contributed by atoms with Crippen LogP contribution in [0.1, 0.15) is 31.0 Å². The fourth-order valence-corrected chi connectivity index (χ4v) is 2.87. The third-order valence-electron chi connectivity index (χ3n) is 4.16. The van der Waals surface area contributed by atoms with Gasteiger partial charge in [-0.3, -0.25) is 9.58 Å². The summed E-state index contributed by atoms with van der Waals surface area (Å²) in [5, 5.41) is 8.17. The molecule has 1 aliphatic heterocycles. The number of hydrogen-bond acceptors (Lipinski definition) is 4. The van der Waals surface area contributed by atoms with E-state index >= 15 is 0 Å². The number of likely N-dealkylation sites (N-methyl/N-ethyl adjacent to an activating group) is 2. The zero-order chi connectivity index (χ0) is 14.7. The summed E-state index contributed by atoms with van der Waals surface area (Å²) in [6, 6.07) is 0.605. The van der Waals surface area contributed by atoms with Crippen LogP contribution in [0.3, 0.4) is 0 Å². The van der Waals surface area contributed by atoms with Gasteiger partial charge in [-0.05, 0) is 20.0 Å². The SMILES string of the molecule is CC(C)c1nn(C)cc1CNCC1CN(C)CCN1C. The van der Waals surface area contributed by atoms with Gasteiger partial charge in [-0.25, -0.2) is 0 Å². The Morgan fingerprint density at radius 3 is 2.75 bits per heavy atom. The van der Waals surface area contributed by atoms with E-state index in [0.717, 1.165) is 26.2 Å². The van der Waals surface area contributed by atoms with Gasteiger partial charge in [-0.2, -0.15) is 5.10 Å². The fraction of sp³-hybridized carbons (Fsp3) is 0.800. The molecule has 2 rings (SSSR count). The van der Waals surface area contributed by atoms with E-state index in [1.54, 1.807) is 0 Å². The summed E-state index contributed by atoms with van der Waals surface area (Å²) in [4.78, 5) is 4.87. The number of aromatic nitrogens is 2. The number of piperazine rings is 1. The van der Waals surface area contributed by atoms with Crippen molar-refractivity contribution in [2.75, 3.05) is 40.3 Å². The summed E-state index contributed by atoms with van der Waals surface area (Å²) in [6.07, 6.45) is 2.14. The van der Waals surface area contributed by atoms with Gasteiger partial charge in [-0.15, -0.1) is 0 Å². The van der Waals surface area contributed by atoms with Gasteiger partial charge in [0.2, 0.25) is 0 Å². The minimum atomic E-state index is 0.483. The molecule has 114 valence electrons. The third kappa shape index (κ3) is 3.81. The van der Waals surface area contributed by atoms with Crippen molar-refractivity contribution in [3.05, 3.63) is 17.5 Å². The summed E-state index contributed by atoms with van der Waals surface area (Å²) < 4.78 is 1.92. The van der Waals surface area contributed by atoms with Crippen molar-refractivity contribution in [2.45, 2.75) is 32.4 Å². The van der Waals surface area contributed by atoms with E-state index in [1.165, 1.54) is 17.8 Å². The van der Waals surface area contributed by atoms with Gasteiger partial charge in [0.15, 0.2) is 0 Å². The quantitative estimate of drug-likeness (QED) is 0.868. The van der Waals surface area contributed by atoms with E-state index in [4.69, 9.17) is 0 Å². The Kier molecular flexibility index (Phi) is 5.18. The lowest BCUT2D eigenvalue weighted by Gasteiger charge is -2.37. The zero-order valence-electron chi connectivity index (χ0n) is 13.6. The maximum absolute atomic E-state index is 4.56. The van der Waals surface area contributed by atoms with E-state index in [-0.39, 0.29) is 0 Å². The number of nitrogens with one attached hydrogen (secondary N) is 1. The molecule has 2 heterocycles. The standard InChI is InChI=1S/C15H29N5/c1-12(2)15-13(10-20(5)17-15)8-16-9-14-11-18(3)6-7-19(14)4/h10,12,14,16H,6-9,11H2,1-5H3. The number of rotatable bonds is 5. The zero-order valence-corrected chi connectivity index (χ0v) is 13.6. The van der Waals surface area contributed by atoms with Crippen molar-refractivity contribution in [1.82, 2.24) is 24.9 Å². The summed E-state index contributed by atoms with van der Waals surface area (Å²) in [7, 11) is 6.43. The van der Waals surface area contributed by atoms with Crippen LogP contribution in [-0.2, 0) is 13.6 Å².